The molecule has 1 aliphatic rings. The molecule has 72 valence electrons. The number of ether oxygens (including phenoxy) is 1. The van der Waals surface area contributed by atoms with Crippen LogP contribution in [0.3, 0.4) is 0 Å². The molecule has 1 aromatic carbocycles. The molecule has 0 radical (unpaired) electrons. The van der Waals surface area contributed by atoms with Gasteiger partial charge in [0.25, 0.3) is 0 Å². The summed E-state index contributed by atoms with van der Waals surface area (Å²) in [6.45, 7) is 2.53. The van der Waals surface area contributed by atoms with Crippen molar-refractivity contribution in [2.75, 3.05) is 6.61 Å². The molecule has 0 amide bonds. The molecule has 0 N–H and O–H groups in total. The van der Waals surface area contributed by atoms with Crippen molar-refractivity contribution in [3.05, 3.63) is 35.4 Å². The van der Waals surface area contributed by atoms with Gasteiger partial charge in [0.05, 0.1) is 6.07 Å². The molecule has 0 heterocycles. The summed E-state index contributed by atoms with van der Waals surface area (Å²) in [5.74, 6) is 0. The third kappa shape index (κ3) is 1.40. The topological polar surface area (TPSA) is 33.0 Å². The maximum absolute atomic E-state index is 9.14. The Labute approximate surface area is 84.1 Å². The molecular formula is C12H13NO. The van der Waals surface area contributed by atoms with Crippen LogP contribution in [0.5, 0.6) is 0 Å². The predicted octanol–water partition coefficient (Wildman–Crippen LogP) is 2.08. The van der Waals surface area contributed by atoms with Crippen LogP contribution in [-0.4, -0.2) is 12.2 Å². The molecule has 0 unspecified atom stereocenters. The molecule has 0 fully saturated rings. The Morgan fingerprint density at radius 2 is 1.93 bits per heavy atom. The highest BCUT2D eigenvalue weighted by molar-refractivity contribution is 5.38. The maximum atomic E-state index is 9.14. The lowest BCUT2D eigenvalue weighted by molar-refractivity contribution is 0.0136. The SMILES string of the molecule is CCOC1(C#N)Cc2ccccc2C1. The van der Waals surface area contributed by atoms with E-state index in [-0.39, 0.29) is 0 Å². The Bertz CT molecular complexity index is 353. The van der Waals surface area contributed by atoms with Gasteiger partial charge < -0.3 is 4.74 Å². The fourth-order valence-electron chi connectivity index (χ4n) is 2.07. The molecule has 0 aromatic heterocycles. The molecule has 0 saturated heterocycles. The number of hydrogen-bond acceptors (Lipinski definition) is 2. The van der Waals surface area contributed by atoms with Gasteiger partial charge >= 0.3 is 0 Å². The van der Waals surface area contributed by atoms with Crippen LogP contribution in [0.1, 0.15) is 18.1 Å². The zero-order chi connectivity index (χ0) is 10.0. The van der Waals surface area contributed by atoms with Crippen molar-refractivity contribution in [1.82, 2.24) is 0 Å². The first-order valence-corrected chi connectivity index (χ1v) is 4.92. The van der Waals surface area contributed by atoms with Crippen LogP contribution in [0.15, 0.2) is 24.3 Å². The van der Waals surface area contributed by atoms with Gasteiger partial charge in [-0.15, -0.1) is 0 Å². The molecule has 0 aliphatic heterocycles. The largest absolute Gasteiger partial charge is 0.360 e. The molecule has 2 rings (SSSR count). The number of nitriles is 1. The van der Waals surface area contributed by atoms with E-state index >= 15 is 0 Å². The van der Waals surface area contributed by atoms with Crippen molar-refractivity contribution < 1.29 is 4.74 Å². The van der Waals surface area contributed by atoms with Crippen molar-refractivity contribution in [2.24, 2.45) is 0 Å². The minimum absolute atomic E-state index is 0.599. The van der Waals surface area contributed by atoms with E-state index < -0.39 is 5.60 Å². The zero-order valence-corrected chi connectivity index (χ0v) is 8.29. The molecule has 0 saturated carbocycles. The normalized spacial score (nSPS) is 17.4. The summed E-state index contributed by atoms with van der Waals surface area (Å²) in [6.07, 6.45) is 1.46. The van der Waals surface area contributed by atoms with Crippen LogP contribution in [0.25, 0.3) is 0 Å². The summed E-state index contributed by atoms with van der Waals surface area (Å²) in [7, 11) is 0. The Kier molecular flexibility index (Phi) is 2.26. The lowest BCUT2D eigenvalue weighted by atomic mass is 10.0. The van der Waals surface area contributed by atoms with Gasteiger partial charge in [-0.3, -0.25) is 0 Å². The predicted molar refractivity (Wildman–Crippen MR) is 53.8 cm³/mol. The third-order valence-electron chi connectivity index (χ3n) is 2.69. The van der Waals surface area contributed by atoms with Gasteiger partial charge in [0, 0.05) is 19.4 Å². The number of rotatable bonds is 2. The Balaban J connectivity index is 2.29. The molecule has 1 aliphatic carbocycles. The van der Waals surface area contributed by atoms with Crippen molar-refractivity contribution >= 4 is 0 Å². The third-order valence-corrected chi connectivity index (χ3v) is 2.69. The van der Waals surface area contributed by atoms with E-state index in [2.05, 4.69) is 18.2 Å². The average Bonchev–Trinajstić information content (AvgIpc) is 2.57. The summed E-state index contributed by atoms with van der Waals surface area (Å²) in [6, 6.07) is 10.5. The quantitative estimate of drug-likeness (QED) is 0.710. The smallest absolute Gasteiger partial charge is 0.162 e. The molecule has 0 atom stereocenters. The van der Waals surface area contributed by atoms with Crippen LogP contribution in [0.2, 0.25) is 0 Å². The van der Waals surface area contributed by atoms with E-state index in [0.717, 1.165) is 12.8 Å². The van der Waals surface area contributed by atoms with Gasteiger partial charge in [0.1, 0.15) is 0 Å². The van der Waals surface area contributed by atoms with E-state index in [0.29, 0.717) is 6.61 Å². The Hall–Kier alpha value is -1.33. The van der Waals surface area contributed by atoms with Gasteiger partial charge in [-0.1, -0.05) is 24.3 Å². The molecule has 0 bridgehead atoms. The van der Waals surface area contributed by atoms with Crippen molar-refractivity contribution in [2.45, 2.75) is 25.4 Å². The van der Waals surface area contributed by atoms with E-state index in [1.807, 2.05) is 19.1 Å². The van der Waals surface area contributed by atoms with Gasteiger partial charge in [-0.2, -0.15) is 5.26 Å². The summed E-state index contributed by atoms with van der Waals surface area (Å²) in [5, 5.41) is 9.14. The molecule has 2 heteroatoms. The van der Waals surface area contributed by atoms with Gasteiger partial charge in [-0.05, 0) is 18.1 Å². The fraction of sp³-hybridized carbons (Fsp3) is 0.417. The van der Waals surface area contributed by atoms with E-state index in [1.165, 1.54) is 11.1 Å². The highest BCUT2D eigenvalue weighted by atomic mass is 16.5. The lowest BCUT2D eigenvalue weighted by Gasteiger charge is -2.19. The summed E-state index contributed by atoms with van der Waals surface area (Å²) >= 11 is 0. The van der Waals surface area contributed by atoms with E-state index in [9.17, 15) is 0 Å². The highest BCUT2D eigenvalue weighted by Gasteiger charge is 2.37. The summed E-state index contributed by atoms with van der Waals surface area (Å²) in [5.41, 5.74) is 1.91. The molecule has 14 heavy (non-hydrogen) atoms. The average molecular weight is 187 g/mol. The number of hydrogen-bond donors (Lipinski definition) is 0. The second-order valence-electron chi connectivity index (χ2n) is 3.66. The van der Waals surface area contributed by atoms with E-state index in [4.69, 9.17) is 10.00 Å². The second kappa shape index (κ2) is 3.43. The van der Waals surface area contributed by atoms with Crippen LogP contribution < -0.4 is 0 Å². The lowest BCUT2D eigenvalue weighted by Crippen LogP contribution is -2.31. The zero-order valence-electron chi connectivity index (χ0n) is 8.29. The highest BCUT2D eigenvalue weighted by Crippen LogP contribution is 2.32. The minimum Gasteiger partial charge on any atom is -0.360 e. The first-order chi connectivity index (χ1) is 6.79. The first kappa shape index (κ1) is 9.23. The van der Waals surface area contributed by atoms with Crippen LogP contribution in [0.4, 0.5) is 0 Å². The first-order valence-electron chi connectivity index (χ1n) is 4.92. The minimum atomic E-state index is -0.599. The van der Waals surface area contributed by atoms with Gasteiger partial charge in [0.2, 0.25) is 0 Å². The van der Waals surface area contributed by atoms with Crippen molar-refractivity contribution in [3.8, 4) is 6.07 Å². The molecule has 1 aromatic rings. The van der Waals surface area contributed by atoms with Crippen LogP contribution >= 0.6 is 0 Å². The van der Waals surface area contributed by atoms with Gasteiger partial charge in [0.15, 0.2) is 5.60 Å². The second-order valence-corrected chi connectivity index (χ2v) is 3.66. The number of nitrogens with zero attached hydrogens (tertiary/aromatic N) is 1. The fourth-order valence-corrected chi connectivity index (χ4v) is 2.07. The Morgan fingerprint density at radius 3 is 2.36 bits per heavy atom. The summed E-state index contributed by atoms with van der Waals surface area (Å²) < 4.78 is 5.56. The van der Waals surface area contributed by atoms with Crippen LogP contribution in [-0.2, 0) is 17.6 Å². The van der Waals surface area contributed by atoms with Crippen molar-refractivity contribution in [1.29, 1.82) is 5.26 Å². The van der Waals surface area contributed by atoms with Gasteiger partial charge in [-0.25, -0.2) is 0 Å². The summed E-state index contributed by atoms with van der Waals surface area (Å²) in [4.78, 5) is 0. The monoisotopic (exact) mass is 187 g/mol. The molecular weight excluding hydrogens is 174 g/mol. The maximum Gasteiger partial charge on any atom is 0.162 e. The number of fused-ring (bicyclic) bond motifs is 1. The van der Waals surface area contributed by atoms with E-state index in [1.54, 1.807) is 0 Å². The van der Waals surface area contributed by atoms with Crippen LogP contribution in [0, 0.1) is 11.3 Å². The molecule has 2 nitrogen and oxygen atoms in total. The Morgan fingerprint density at radius 1 is 1.36 bits per heavy atom. The number of benzene rings is 1. The van der Waals surface area contributed by atoms with Crippen molar-refractivity contribution in [3.63, 3.8) is 0 Å². The standard InChI is InChI=1S/C12H13NO/c1-2-14-12(9-13)7-10-5-3-4-6-11(10)8-12/h3-6H,2,7-8H2,1H3. The molecule has 0 spiro atoms.